The zero-order valence-electron chi connectivity index (χ0n) is 18.4. The summed E-state index contributed by atoms with van der Waals surface area (Å²) in [5.41, 5.74) is 9.77. The Hall–Kier alpha value is -3.52. The molecule has 3 atom stereocenters. The fourth-order valence-electron chi connectivity index (χ4n) is 3.66. The van der Waals surface area contributed by atoms with Crippen LogP contribution in [0.4, 0.5) is 5.69 Å². The van der Waals surface area contributed by atoms with Crippen molar-refractivity contribution >= 4 is 29.1 Å². The van der Waals surface area contributed by atoms with Crippen molar-refractivity contribution in [2.45, 2.75) is 38.0 Å². The van der Waals surface area contributed by atoms with E-state index in [-0.39, 0.29) is 18.6 Å². The van der Waals surface area contributed by atoms with E-state index in [9.17, 15) is 14.4 Å². The number of ketones is 1. The fourth-order valence-corrected chi connectivity index (χ4v) is 3.66. The number of carbonyl (C=O) groups excluding carboxylic acids is 3. The van der Waals surface area contributed by atoms with Gasteiger partial charge in [-0.15, -0.1) is 0 Å². The molecule has 1 heterocycles. The second kappa shape index (κ2) is 10.2. The van der Waals surface area contributed by atoms with Crippen LogP contribution in [0, 0.1) is 0 Å². The first-order valence-electron chi connectivity index (χ1n) is 10.4. The number of para-hydroxylation sites is 1. The largest absolute Gasteiger partial charge is 0.469 e. The molecule has 0 bridgehead atoms. The third kappa shape index (κ3) is 5.03. The Kier molecular flexibility index (Phi) is 7.37. The van der Waals surface area contributed by atoms with E-state index in [1.165, 1.54) is 7.11 Å². The van der Waals surface area contributed by atoms with Gasteiger partial charge < -0.3 is 20.7 Å². The molecule has 0 aromatic heterocycles. The summed E-state index contributed by atoms with van der Waals surface area (Å²) in [6, 6.07) is 15.6. The minimum atomic E-state index is -0.904. The first-order valence-corrected chi connectivity index (χ1v) is 10.4. The van der Waals surface area contributed by atoms with E-state index < -0.39 is 30.1 Å². The molecule has 3 rings (SSSR count). The summed E-state index contributed by atoms with van der Waals surface area (Å²) in [5.74, 6) is -1.21. The average molecular weight is 437 g/mol. The molecule has 32 heavy (non-hydrogen) atoms. The summed E-state index contributed by atoms with van der Waals surface area (Å²) in [6.07, 6.45) is -0.842. The third-order valence-corrected chi connectivity index (χ3v) is 5.50. The summed E-state index contributed by atoms with van der Waals surface area (Å²) >= 11 is 0. The molecule has 0 saturated carbocycles. The maximum atomic E-state index is 13.3. The van der Waals surface area contributed by atoms with Crippen LogP contribution in [0.1, 0.15) is 30.9 Å². The molecule has 0 fully saturated rings. The van der Waals surface area contributed by atoms with Crippen LogP contribution < -0.4 is 16.0 Å². The van der Waals surface area contributed by atoms with Crippen molar-refractivity contribution < 1.29 is 19.1 Å². The molecule has 168 valence electrons. The van der Waals surface area contributed by atoms with E-state index in [4.69, 9.17) is 10.7 Å². The monoisotopic (exact) mass is 436 g/mol. The van der Waals surface area contributed by atoms with Crippen molar-refractivity contribution in [1.82, 2.24) is 5.32 Å². The number of anilines is 1. The molecule has 0 spiro atoms. The Morgan fingerprint density at radius 1 is 1.09 bits per heavy atom. The number of benzodiazepines with no additional fused rings is 1. The lowest BCUT2D eigenvalue weighted by molar-refractivity contribution is -0.142. The molecule has 2 unspecified atom stereocenters. The Morgan fingerprint density at radius 2 is 1.75 bits per heavy atom. The van der Waals surface area contributed by atoms with Crippen molar-refractivity contribution in [1.29, 1.82) is 0 Å². The highest BCUT2D eigenvalue weighted by molar-refractivity contribution is 6.17. The number of carbonyl (C=O) groups is 3. The smallest absolute Gasteiger partial charge is 0.306 e. The first-order chi connectivity index (χ1) is 15.3. The van der Waals surface area contributed by atoms with E-state index in [2.05, 4.69) is 10.1 Å². The van der Waals surface area contributed by atoms with Gasteiger partial charge in [-0.25, -0.2) is 0 Å². The Labute approximate surface area is 187 Å². The van der Waals surface area contributed by atoms with Gasteiger partial charge in [0.2, 0.25) is 5.91 Å². The lowest BCUT2D eigenvalue weighted by atomic mass is 10.00. The minimum absolute atomic E-state index is 0.0550. The maximum absolute atomic E-state index is 13.3. The number of rotatable bonds is 7. The number of benzene rings is 2. The SMILES string of the molecule is COC(=O)CCC(=O)NC(C)C(=O)C1N=C(c2ccccc2)c2ccccc2N(C)[C@@H]1N. The molecule has 1 amide bonds. The van der Waals surface area contributed by atoms with E-state index in [0.29, 0.717) is 5.71 Å². The van der Waals surface area contributed by atoms with E-state index >= 15 is 0 Å². The molecule has 8 heteroatoms. The van der Waals surface area contributed by atoms with Gasteiger partial charge in [0, 0.05) is 30.3 Å². The normalized spacial score (nSPS) is 18.6. The number of likely N-dealkylation sites (N-methyl/N-ethyl adjacent to an activating group) is 1. The molecule has 3 N–H and O–H groups in total. The van der Waals surface area contributed by atoms with Crippen LogP contribution in [0.3, 0.4) is 0 Å². The van der Waals surface area contributed by atoms with Crippen LogP contribution in [-0.2, 0) is 19.1 Å². The van der Waals surface area contributed by atoms with Crippen molar-refractivity contribution in [3.8, 4) is 0 Å². The Morgan fingerprint density at radius 3 is 2.44 bits per heavy atom. The van der Waals surface area contributed by atoms with Crippen molar-refractivity contribution in [3.05, 3.63) is 65.7 Å². The molecule has 2 aromatic carbocycles. The second-order valence-corrected chi connectivity index (χ2v) is 7.67. The molecular weight excluding hydrogens is 408 g/mol. The number of nitrogens with two attached hydrogens (primary N) is 1. The van der Waals surface area contributed by atoms with Gasteiger partial charge in [-0.3, -0.25) is 19.4 Å². The van der Waals surface area contributed by atoms with Crippen LogP contribution in [0.15, 0.2) is 59.6 Å². The highest BCUT2D eigenvalue weighted by atomic mass is 16.5. The van der Waals surface area contributed by atoms with Crippen molar-refractivity contribution in [2.24, 2.45) is 10.7 Å². The van der Waals surface area contributed by atoms with Gasteiger partial charge in [0.05, 0.1) is 25.3 Å². The van der Waals surface area contributed by atoms with Gasteiger partial charge in [-0.1, -0.05) is 48.5 Å². The quantitative estimate of drug-likeness (QED) is 0.638. The summed E-state index contributed by atoms with van der Waals surface area (Å²) in [4.78, 5) is 43.5. The Bertz CT molecular complexity index is 1020. The van der Waals surface area contributed by atoms with Crippen LogP contribution in [0.25, 0.3) is 0 Å². The predicted octanol–water partition coefficient (Wildman–Crippen LogP) is 1.65. The van der Waals surface area contributed by atoms with Crippen LogP contribution >= 0.6 is 0 Å². The van der Waals surface area contributed by atoms with Gasteiger partial charge in [0.15, 0.2) is 5.78 Å². The molecule has 1 aliphatic rings. The zero-order chi connectivity index (χ0) is 23.3. The van der Waals surface area contributed by atoms with E-state index in [1.54, 1.807) is 6.92 Å². The molecule has 0 radical (unpaired) electrons. The Balaban J connectivity index is 1.90. The number of hydrogen-bond acceptors (Lipinski definition) is 7. The summed E-state index contributed by atoms with van der Waals surface area (Å²) in [5, 5.41) is 2.65. The number of amides is 1. The van der Waals surface area contributed by atoms with Gasteiger partial charge in [-0.05, 0) is 13.0 Å². The fraction of sp³-hybridized carbons (Fsp3) is 0.333. The molecule has 8 nitrogen and oxygen atoms in total. The highest BCUT2D eigenvalue weighted by Gasteiger charge is 2.36. The first kappa shape index (κ1) is 23.1. The number of hydrogen-bond donors (Lipinski definition) is 2. The lowest BCUT2D eigenvalue weighted by Crippen LogP contribution is -2.55. The van der Waals surface area contributed by atoms with Gasteiger partial charge in [-0.2, -0.15) is 0 Å². The van der Waals surface area contributed by atoms with Gasteiger partial charge in [0.25, 0.3) is 0 Å². The van der Waals surface area contributed by atoms with Gasteiger partial charge >= 0.3 is 5.97 Å². The van der Waals surface area contributed by atoms with Crippen molar-refractivity contribution in [3.63, 3.8) is 0 Å². The highest BCUT2D eigenvalue weighted by Crippen LogP contribution is 2.29. The number of Topliss-reactive ketones (excluding diaryl/α,β-unsaturated/α-hetero) is 1. The molecule has 0 aliphatic carbocycles. The lowest BCUT2D eigenvalue weighted by Gasteiger charge is -2.30. The molecule has 1 aliphatic heterocycles. The summed E-state index contributed by atoms with van der Waals surface area (Å²) < 4.78 is 4.55. The summed E-state index contributed by atoms with van der Waals surface area (Å²) in [6.45, 7) is 1.60. The number of aliphatic imine (C=N–C) groups is 1. The predicted molar refractivity (Wildman–Crippen MR) is 123 cm³/mol. The molecule has 2 aromatic rings. The van der Waals surface area contributed by atoms with E-state index in [1.807, 2.05) is 66.5 Å². The van der Waals surface area contributed by atoms with Gasteiger partial charge in [0.1, 0.15) is 12.2 Å². The average Bonchev–Trinajstić information content (AvgIpc) is 2.92. The number of nitrogens with zero attached hydrogens (tertiary/aromatic N) is 2. The van der Waals surface area contributed by atoms with Crippen LogP contribution in [0.2, 0.25) is 0 Å². The molecule has 0 saturated heterocycles. The summed E-state index contributed by atoms with van der Waals surface area (Å²) in [7, 11) is 3.09. The number of esters is 1. The number of nitrogens with one attached hydrogen (secondary N) is 1. The molecular formula is C24H28N4O4. The topological polar surface area (TPSA) is 114 Å². The number of methoxy groups -OCH3 is 1. The zero-order valence-corrected chi connectivity index (χ0v) is 18.4. The van der Waals surface area contributed by atoms with Crippen LogP contribution in [-0.4, -0.2) is 55.8 Å². The second-order valence-electron chi connectivity index (χ2n) is 7.67. The number of ether oxygens (including phenoxy) is 1. The maximum Gasteiger partial charge on any atom is 0.306 e. The minimum Gasteiger partial charge on any atom is -0.469 e. The van der Waals surface area contributed by atoms with Crippen LogP contribution in [0.5, 0.6) is 0 Å². The van der Waals surface area contributed by atoms with Crippen molar-refractivity contribution in [2.75, 3.05) is 19.1 Å². The standard InChI is InChI=1S/C24H28N4O4/c1-15(26-19(29)13-14-20(30)32-3)23(31)22-24(25)28(2)18-12-8-7-11-17(18)21(27-22)16-9-5-4-6-10-16/h4-12,15,22,24H,13-14,25H2,1-3H3,(H,26,29)/t15?,22?,24-/m0/s1. The number of fused-ring (bicyclic) bond motifs is 1. The third-order valence-electron chi connectivity index (χ3n) is 5.50. The van der Waals surface area contributed by atoms with E-state index in [0.717, 1.165) is 16.8 Å².